The van der Waals surface area contributed by atoms with Crippen molar-refractivity contribution < 1.29 is 26.7 Å². The van der Waals surface area contributed by atoms with Gasteiger partial charge in [-0.25, -0.2) is 17.2 Å². The highest BCUT2D eigenvalue weighted by Gasteiger charge is 2.37. The molecule has 2 unspecified atom stereocenters. The van der Waals surface area contributed by atoms with Gasteiger partial charge < -0.3 is 10.1 Å². The zero-order chi connectivity index (χ0) is 22.3. The molecule has 1 amide bonds. The first kappa shape index (κ1) is 22.0. The van der Waals surface area contributed by atoms with Crippen molar-refractivity contribution in [3.63, 3.8) is 0 Å². The Morgan fingerprint density at radius 3 is 2.50 bits per heavy atom. The number of nitrogens with zero attached hydrogens (tertiary/aromatic N) is 1. The lowest BCUT2D eigenvalue weighted by atomic mass is 9.89. The number of anilines is 1. The fourth-order valence-corrected chi connectivity index (χ4v) is 4.82. The van der Waals surface area contributed by atoms with Gasteiger partial charge in [0.25, 0.3) is 0 Å². The highest BCUT2D eigenvalue weighted by atomic mass is 32.2. The van der Waals surface area contributed by atoms with Gasteiger partial charge in [0, 0.05) is 18.1 Å². The minimum absolute atomic E-state index is 0.133. The summed E-state index contributed by atoms with van der Waals surface area (Å²) in [6, 6.07) is 8.42. The van der Waals surface area contributed by atoms with Gasteiger partial charge in [0.05, 0.1) is 18.0 Å². The van der Waals surface area contributed by atoms with Crippen molar-refractivity contribution in [2.75, 3.05) is 10.6 Å². The molecular weight excluding hydrogens is 414 g/mol. The maximum Gasteiger partial charge on any atom is 0.244 e. The van der Waals surface area contributed by atoms with Gasteiger partial charge in [-0.3, -0.25) is 9.10 Å². The van der Waals surface area contributed by atoms with E-state index < -0.39 is 45.2 Å². The molecule has 1 aliphatic heterocycles. The summed E-state index contributed by atoms with van der Waals surface area (Å²) in [4.78, 5) is 13.0. The van der Waals surface area contributed by atoms with Crippen LogP contribution < -0.4 is 14.4 Å². The third-order valence-electron chi connectivity index (χ3n) is 4.94. The van der Waals surface area contributed by atoms with Crippen LogP contribution in [0.1, 0.15) is 38.8 Å². The summed E-state index contributed by atoms with van der Waals surface area (Å²) in [5.74, 6) is -2.23. The van der Waals surface area contributed by atoms with E-state index in [9.17, 15) is 22.0 Å². The summed E-state index contributed by atoms with van der Waals surface area (Å²) in [5.41, 5.74) is 0.120. The van der Waals surface area contributed by atoms with Crippen LogP contribution >= 0.6 is 0 Å². The van der Waals surface area contributed by atoms with Crippen molar-refractivity contribution in [3.8, 4) is 5.75 Å². The Morgan fingerprint density at radius 1 is 1.20 bits per heavy atom. The van der Waals surface area contributed by atoms with Crippen molar-refractivity contribution in [3.05, 3.63) is 59.7 Å². The Hall–Kier alpha value is -2.68. The maximum absolute atomic E-state index is 13.7. The minimum atomic E-state index is -3.96. The molecule has 0 fully saturated rings. The van der Waals surface area contributed by atoms with Gasteiger partial charge in [-0.15, -0.1) is 0 Å². The van der Waals surface area contributed by atoms with Crippen molar-refractivity contribution in [1.29, 1.82) is 0 Å². The predicted octanol–water partition coefficient (Wildman–Crippen LogP) is 3.54. The Balaban J connectivity index is 1.90. The van der Waals surface area contributed by atoms with E-state index in [0.29, 0.717) is 12.2 Å². The van der Waals surface area contributed by atoms with Crippen molar-refractivity contribution in [2.24, 2.45) is 0 Å². The molecule has 162 valence electrons. The molecule has 0 aromatic heterocycles. The number of carbonyl (C=O) groups excluding carboxylic acids is 1. The first-order chi connectivity index (χ1) is 13.9. The number of nitrogens with one attached hydrogen (secondary N) is 1. The molecule has 2 aromatic carbocycles. The SMILES string of the molecule is CC(C(=O)NC1CC(C)(C)Oc2ccccc21)N(c1ccc(F)c(F)c1)S(C)(=O)=O. The van der Waals surface area contributed by atoms with Gasteiger partial charge in [-0.1, -0.05) is 18.2 Å². The van der Waals surface area contributed by atoms with E-state index in [1.807, 2.05) is 38.1 Å². The highest BCUT2D eigenvalue weighted by Crippen LogP contribution is 2.39. The number of sulfonamides is 1. The van der Waals surface area contributed by atoms with Gasteiger partial charge in [0.2, 0.25) is 15.9 Å². The van der Waals surface area contributed by atoms with E-state index in [0.717, 1.165) is 34.3 Å². The smallest absolute Gasteiger partial charge is 0.244 e. The number of carbonyl (C=O) groups is 1. The zero-order valence-corrected chi connectivity index (χ0v) is 18.0. The second-order valence-corrected chi connectivity index (χ2v) is 9.86. The predicted molar refractivity (Wildman–Crippen MR) is 110 cm³/mol. The van der Waals surface area contributed by atoms with Crippen LogP contribution in [0.3, 0.4) is 0 Å². The Kier molecular flexibility index (Phi) is 5.77. The molecule has 0 bridgehead atoms. The summed E-state index contributed by atoms with van der Waals surface area (Å²) in [6.45, 7) is 5.19. The van der Waals surface area contributed by atoms with Gasteiger partial charge >= 0.3 is 0 Å². The molecule has 6 nitrogen and oxygen atoms in total. The Bertz CT molecular complexity index is 1070. The normalized spacial score (nSPS) is 18.7. The summed E-state index contributed by atoms with van der Waals surface area (Å²) in [6.07, 6.45) is 1.39. The molecule has 9 heteroatoms. The van der Waals surface area contributed by atoms with E-state index in [4.69, 9.17) is 4.74 Å². The lowest BCUT2D eigenvalue weighted by Crippen LogP contribution is -2.50. The molecule has 0 spiro atoms. The molecule has 0 saturated heterocycles. The molecule has 0 saturated carbocycles. The number of hydrogen-bond acceptors (Lipinski definition) is 4. The lowest BCUT2D eigenvalue weighted by molar-refractivity contribution is -0.123. The largest absolute Gasteiger partial charge is 0.487 e. The van der Waals surface area contributed by atoms with E-state index in [1.165, 1.54) is 6.92 Å². The highest BCUT2D eigenvalue weighted by molar-refractivity contribution is 7.92. The third-order valence-corrected chi connectivity index (χ3v) is 6.18. The number of hydrogen-bond donors (Lipinski definition) is 1. The van der Waals surface area contributed by atoms with E-state index in [2.05, 4.69) is 5.32 Å². The first-order valence-corrected chi connectivity index (χ1v) is 11.3. The molecule has 3 rings (SSSR count). The summed E-state index contributed by atoms with van der Waals surface area (Å²) >= 11 is 0. The molecule has 0 radical (unpaired) electrons. The number of benzene rings is 2. The second-order valence-electron chi connectivity index (χ2n) is 8.00. The number of ether oxygens (including phenoxy) is 1. The molecule has 2 atom stereocenters. The van der Waals surface area contributed by atoms with Crippen molar-refractivity contribution in [1.82, 2.24) is 5.32 Å². The number of amides is 1. The third kappa shape index (κ3) is 4.56. The van der Waals surface area contributed by atoms with Crippen LogP contribution in [0.5, 0.6) is 5.75 Å². The van der Waals surface area contributed by atoms with Gasteiger partial charge in [0.1, 0.15) is 17.4 Å². The maximum atomic E-state index is 13.7. The van der Waals surface area contributed by atoms with Crippen LogP contribution in [0.2, 0.25) is 0 Å². The van der Waals surface area contributed by atoms with Crippen LogP contribution in [0, 0.1) is 11.6 Å². The first-order valence-electron chi connectivity index (χ1n) is 9.42. The van der Waals surface area contributed by atoms with E-state index in [-0.39, 0.29) is 5.69 Å². The molecule has 1 heterocycles. The number of halogens is 2. The van der Waals surface area contributed by atoms with Crippen molar-refractivity contribution >= 4 is 21.6 Å². The van der Waals surface area contributed by atoms with Crippen LogP contribution in [0.15, 0.2) is 42.5 Å². The lowest BCUT2D eigenvalue weighted by Gasteiger charge is -2.38. The minimum Gasteiger partial charge on any atom is -0.487 e. The molecular formula is C21H24F2N2O4S. The molecule has 1 N–H and O–H groups in total. The van der Waals surface area contributed by atoms with Gasteiger partial charge in [-0.05, 0) is 39.0 Å². The van der Waals surface area contributed by atoms with Crippen LogP contribution in [0.4, 0.5) is 14.5 Å². The van der Waals surface area contributed by atoms with E-state index in [1.54, 1.807) is 0 Å². The Labute approximate surface area is 174 Å². The number of fused-ring (bicyclic) bond motifs is 1. The Morgan fingerprint density at radius 2 is 1.87 bits per heavy atom. The molecule has 2 aromatic rings. The standard InChI is InChI=1S/C21H24F2N2O4S/c1-13(25(30(4,27)28)14-9-10-16(22)17(23)11-14)20(26)24-18-12-21(2,3)29-19-8-6-5-7-15(18)19/h5-11,13,18H,12H2,1-4H3,(H,24,26). The quantitative estimate of drug-likeness (QED) is 0.775. The fourth-order valence-electron chi connectivity index (χ4n) is 3.65. The van der Waals surface area contributed by atoms with Gasteiger partial charge in [-0.2, -0.15) is 0 Å². The molecule has 30 heavy (non-hydrogen) atoms. The van der Waals surface area contributed by atoms with Gasteiger partial charge in [0.15, 0.2) is 11.6 Å². The topological polar surface area (TPSA) is 75.7 Å². The number of para-hydroxylation sites is 1. The molecule has 1 aliphatic rings. The average molecular weight is 438 g/mol. The average Bonchev–Trinajstić information content (AvgIpc) is 2.62. The van der Waals surface area contributed by atoms with Crippen LogP contribution in [0.25, 0.3) is 0 Å². The summed E-state index contributed by atoms with van der Waals surface area (Å²) in [5, 5.41) is 2.89. The summed E-state index contributed by atoms with van der Waals surface area (Å²) in [7, 11) is -3.96. The number of rotatable bonds is 5. The monoisotopic (exact) mass is 438 g/mol. The summed E-state index contributed by atoms with van der Waals surface area (Å²) < 4.78 is 58.5. The zero-order valence-electron chi connectivity index (χ0n) is 17.1. The van der Waals surface area contributed by atoms with Crippen LogP contribution in [-0.4, -0.2) is 32.2 Å². The second kappa shape index (κ2) is 7.86. The van der Waals surface area contributed by atoms with Crippen LogP contribution in [-0.2, 0) is 14.8 Å². The van der Waals surface area contributed by atoms with E-state index >= 15 is 0 Å². The van der Waals surface area contributed by atoms with Crippen molar-refractivity contribution in [2.45, 2.75) is 44.9 Å². The molecule has 0 aliphatic carbocycles. The fraction of sp³-hybridized carbons (Fsp3) is 0.381.